The van der Waals surface area contributed by atoms with E-state index < -0.39 is 11.9 Å². The van der Waals surface area contributed by atoms with E-state index in [9.17, 15) is 14.7 Å². The number of nitriles is 1. The van der Waals surface area contributed by atoms with Crippen molar-refractivity contribution in [2.75, 3.05) is 11.9 Å². The number of aromatic hydroxyl groups is 1. The molecule has 1 rings (SSSR count). The molecule has 0 saturated carbocycles. The van der Waals surface area contributed by atoms with Crippen LogP contribution in [-0.4, -0.2) is 28.6 Å². The van der Waals surface area contributed by atoms with E-state index in [4.69, 9.17) is 10.4 Å². The number of carboxylic acids is 1. The SMILES string of the molecule is N#C/C(=C/Nc1ccccc1O)C(=O)NCCCC(=O)O. The molecule has 110 valence electrons. The maximum atomic E-state index is 11.7. The standard InChI is InChI=1S/C14H15N3O4/c15-8-10(14(21)16-7-3-6-13(19)20)9-17-11-4-1-2-5-12(11)18/h1-2,4-5,9,17-18H,3,6-7H2,(H,16,21)(H,19,20)/b10-9-. The van der Waals surface area contributed by atoms with Crippen LogP contribution in [0.5, 0.6) is 5.75 Å². The summed E-state index contributed by atoms with van der Waals surface area (Å²) in [4.78, 5) is 22.0. The first-order valence-corrected chi connectivity index (χ1v) is 6.19. The van der Waals surface area contributed by atoms with Gasteiger partial charge in [-0.25, -0.2) is 0 Å². The average molecular weight is 289 g/mol. The largest absolute Gasteiger partial charge is 0.506 e. The van der Waals surface area contributed by atoms with Gasteiger partial charge in [0.2, 0.25) is 0 Å². The second-order valence-corrected chi connectivity index (χ2v) is 4.08. The summed E-state index contributed by atoms with van der Waals surface area (Å²) in [5, 5.41) is 32.0. The number of aliphatic carboxylic acids is 1. The number of nitrogens with one attached hydrogen (secondary N) is 2. The van der Waals surface area contributed by atoms with Gasteiger partial charge in [0.25, 0.3) is 5.91 Å². The molecule has 0 unspecified atom stereocenters. The number of hydrogen-bond donors (Lipinski definition) is 4. The molecule has 1 aromatic rings. The third-order valence-corrected chi connectivity index (χ3v) is 2.49. The lowest BCUT2D eigenvalue weighted by molar-refractivity contribution is -0.137. The number of phenols is 1. The number of nitrogens with zero attached hydrogens (tertiary/aromatic N) is 1. The Balaban J connectivity index is 2.55. The minimum Gasteiger partial charge on any atom is -0.506 e. The monoisotopic (exact) mass is 289 g/mol. The van der Waals surface area contributed by atoms with Gasteiger partial charge >= 0.3 is 5.97 Å². The predicted octanol–water partition coefficient (Wildman–Crippen LogP) is 1.19. The number of carbonyl (C=O) groups excluding carboxylic acids is 1. The van der Waals surface area contributed by atoms with Gasteiger partial charge in [-0.15, -0.1) is 0 Å². The highest BCUT2D eigenvalue weighted by molar-refractivity contribution is 5.97. The van der Waals surface area contributed by atoms with Gasteiger partial charge in [-0.1, -0.05) is 12.1 Å². The normalized spacial score (nSPS) is 10.5. The summed E-state index contributed by atoms with van der Waals surface area (Å²) < 4.78 is 0. The zero-order valence-corrected chi connectivity index (χ0v) is 11.2. The summed E-state index contributed by atoms with van der Waals surface area (Å²) in [5.41, 5.74) is 0.192. The molecule has 0 atom stereocenters. The van der Waals surface area contributed by atoms with Crippen LogP contribution >= 0.6 is 0 Å². The molecule has 4 N–H and O–H groups in total. The van der Waals surface area contributed by atoms with Crippen molar-refractivity contribution in [1.29, 1.82) is 5.26 Å². The molecule has 0 fully saturated rings. The molecule has 0 heterocycles. The molecular formula is C14H15N3O4. The number of amides is 1. The quantitative estimate of drug-likeness (QED) is 0.259. The highest BCUT2D eigenvalue weighted by Gasteiger charge is 2.08. The summed E-state index contributed by atoms with van der Waals surface area (Å²) >= 11 is 0. The smallest absolute Gasteiger partial charge is 0.303 e. The molecule has 0 aliphatic carbocycles. The maximum Gasteiger partial charge on any atom is 0.303 e. The summed E-state index contributed by atoms with van der Waals surface area (Å²) in [6.45, 7) is 0.167. The second kappa shape index (κ2) is 8.22. The number of para-hydroxylation sites is 2. The van der Waals surface area contributed by atoms with Crippen LogP contribution in [0.2, 0.25) is 0 Å². The van der Waals surface area contributed by atoms with E-state index in [0.717, 1.165) is 0 Å². The zero-order chi connectivity index (χ0) is 15.7. The Kier molecular flexibility index (Phi) is 6.28. The van der Waals surface area contributed by atoms with Crippen LogP contribution in [-0.2, 0) is 9.59 Å². The van der Waals surface area contributed by atoms with Crippen molar-refractivity contribution < 1.29 is 19.8 Å². The third-order valence-electron chi connectivity index (χ3n) is 2.49. The van der Waals surface area contributed by atoms with Crippen molar-refractivity contribution in [3.63, 3.8) is 0 Å². The van der Waals surface area contributed by atoms with Gasteiger partial charge in [0, 0.05) is 19.2 Å². The van der Waals surface area contributed by atoms with Crippen LogP contribution < -0.4 is 10.6 Å². The van der Waals surface area contributed by atoms with E-state index in [-0.39, 0.29) is 30.7 Å². The first kappa shape index (κ1) is 16.0. The molecule has 7 nitrogen and oxygen atoms in total. The molecule has 7 heteroatoms. The summed E-state index contributed by atoms with van der Waals surface area (Å²) in [6.07, 6.45) is 1.41. The molecule has 21 heavy (non-hydrogen) atoms. The van der Waals surface area contributed by atoms with Gasteiger partial charge in [0.1, 0.15) is 17.4 Å². The topological polar surface area (TPSA) is 122 Å². The molecule has 1 amide bonds. The third kappa shape index (κ3) is 5.65. The molecule has 0 saturated heterocycles. The Labute approximate surface area is 121 Å². The van der Waals surface area contributed by atoms with Crippen molar-refractivity contribution >= 4 is 17.6 Å². The molecule has 0 aromatic heterocycles. The van der Waals surface area contributed by atoms with E-state index in [1.165, 1.54) is 12.3 Å². The lowest BCUT2D eigenvalue weighted by Gasteiger charge is -2.05. The number of carbonyl (C=O) groups is 2. The first-order chi connectivity index (χ1) is 10.0. The van der Waals surface area contributed by atoms with E-state index in [1.54, 1.807) is 24.3 Å². The van der Waals surface area contributed by atoms with E-state index >= 15 is 0 Å². The maximum absolute atomic E-state index is 11.7. The molecule has 0 spiro atoms. The van der Waals surface area contributed by atoms with Crippen LogP contribution in [0.15, 0.2) is 36.0 Å². The van der Waals surface area contributed by atoms with Crippen molar-refractivity contribution in [2.24, 2.45) is 0 Å². The summed E-state index contributed by atoms with van der Waals surface area (Å²) in [6, 6.07) is 8.12. The number of benzene rings is 1. The number of anilines is 1. The number of carboxylic acid groups (broad SMARTS) is 1. The summed E-state index contributed by atoms with van der Waals surface area (Å²) in [7, 11) is 0. The molecule has 0 aliphatic rings. The fraction of sp³-hybridized carbons (Fsp3) is 0.214. The fourth-order valence-electron chi connectivity index (χ4n) is 1.43. The molecule has 1 aromatic carbocycles. The van der Waals surface area contributed by atoms with Crippen LogP contribution in [0.25, 0.3) is 0 Å². The van der Waals surface area contributed by atoms with Gasteiger partial charge in [-0.05, 0) is 18.6 Å². The molecule has 0 radical (unpaired) electrons. The number of phenolic OH excluding ortho intramolecular Hbond substituents is 1. The van der Waals surface area contributed by atoms with Crippen molar-refractivity contribution in [2.45, 2.75) is 12.8 Å². The van der Waals surface area contributed by atoms with Crippen molar-refractivity contribution in [3.05, 3.63) is 36.0 Å². The predicted molar refractivity (Wildman–Crippen MR) is 75.3 cm³/mol. The molecule has 0 bridgehead atoms. The van der Waals surface area contributed by atoms with Crippen LogP contribution in [0, 0.1) is 11.3 Å². The van der Waals surface area contributed by atoms with E-state index in [0.29, 0.717) is 5.69 Å². The Morgan fingerprint density at radius 3 is 2.67 bits per heavy atom. The van der Waals surface area contributed by atoms with Crippen molar-refractivity contribution in [1.82, 2.24) is 5.32 Å². The molecule has 0 aliphatic heterocycles. The highest BCUT2D eigenvalue weighted by Crippen LogP contribution is 2.21. The Morgan fingerprint density at radius 2 is 2.05 bits per heavy atom. The van der Waals surface area contributed by atoms with Gasteiger partial charge < -0.3 is 20.8 Å². The number of rotatable bonds is 7. The lowest BCUT2D eigenvalue weighted by atomic mass is 10.2. The average Bonchev–Trinajstić information content (AvgIpc) is 2.46. The zero-order valence-electron chi connectivity index (χ0n) is 11.2. The Bertz CT molecular complexity index is 590. The molecular weight excluding hydrogens is 274 g/mol. The van der Waals surface area contributed by atoms with Crippen LogP contribution in [0.1, 0.15) is 12.8 Å². The van der Waals surface area contributed by atoms with Crippen LogP contribution in [0.4, 0.5) is 5.69 Å². The minimum absolute atomic E-state index is 0.00657. The summed E-state index contributed by atoms with van der Waals surface area (Å²) in [5.74, 6) is -1.56. The minimum atomic E-state index is -0.943. The number of hydrogen-bond acceptors (Lipinski definition) is 5. The van der Waals surface area contributed by atoms with E-state index in [1.807, 2.05) is 0 Å². The fourth-order valence-corrected chi connectivity index (χ4v) is 1.43. The van der Waals surface area contributed by atoms with E-state index in [2.05, 4.69) is 10.6 Å². The lowest BCUT2D eigenvalue weighted by Crippen LogP contribution is -2.26. The van der Waals surface area contributed by atoms with Gasteiger partial charge in [-0.3, -0.25) is 9.59 Å². The highest BCUT2D eigenvalue weighted by atomic mass is 16.4. The van der Waals surface area contributed by atoms with Crippen LogP contribution in [0.3, 0.4) is 0 Å². The van der Waals surface area contributed by atoms with Gasteiger partial charge in [0.15, 0.2) is 0 Å². The Hall–Kier alpha value is -3.01. The van der Waals surface area contributed by atoms with Gasteiger partial charge in [-0.2, -0.15) is 5.26 Å². The second-order valence-electron chi connectivity index (χ2n) is 4.08. The van der Waals surface area contributed by atoms with Gasteiger partial charge in [0.05, 0.1) is 5.69 Å². The first-order valence-electron chi connectivity index (χ1n) is 6.19. The Morgan fingerprint density at radius 1 is 1.33 bits per heavy atom. The van der Waals surface area contributed by atoms with Crippen molar-refractivity contribution in [3.8, 4) is 11.8 Å².